The maximum atomic E-state index is 5.31. The molecule has 0 aliphatic carbocycles. The second-order valence-corrected chi connectivity index (χ2v) is 6.55. The molecule has 106 valence electrons. The molecule has 1 aromatic carbocycles. The van der Waals surface area contributed by atoms with Crippen LogP contribution in [-0.4, -0.2) is 24.7 Å². The Morgan fingerprint density at radius 1 is 1.47 bits per heavy atom. The molecule has 2 atom stereocenters. The highest BCUT2D eigenvalue weighted by molar-refractivity contribution is 8.00. The fraction of sp³-hybridized carbons (Fsp3) is 0.625. The van der Waals surface area contributed by atoms with Crippen LogP contribution in [0.2, 0.25) is 0 Å². The number of hydrogen-bond donors (Lipinski definition) is 1. The van der Waals surface area contributed by atoms with Crippen LogP contribution in [-0.2, 0) is 0 Å². The fourth-order valence-corrected chi connectivity index (χ4v) is 4.14. The van der Waals surface area contributed by atoms with Crippen LogP contribution in [0, 0.1) is 6.92 Å². The zero-order chi connectivity index (χ0) is 13.7. The van der Waals surface area contributed by atoms with E-state index in [4.69, 9.17) is 4.74 Å². The number of rotatable bonds is 6. The van der Waals surface area contributed by atoms with Crippen LogP contribution in [0.4, 0.5) is 0 Å². The first-order chi connectivity index (χ1) is 9.26. The van der Waals surface area contributed by atoms with Gasteiger partial charge in [0.05, 0.1) is 7.11 Å². The number of methoxy groups -OCH3 is 1. The lowest BCUT2D eigenvalue weighted by atomic mass is 9.96. The van der Waals surface area contributed by atoms with E-state index < -0.39 is 0 Å². The van der Waals surface area contributed by atoms with Crippen LogP contribution in [0.5, 0.6) is 5.75 Å². The quantitative estimate of drug-likeness (QED) is 0.852. The molecule has 0 bridgehead atoms. The molecule has 1 N–H and O–H groups in total. The SMILES string of the molecule is CCCNC(c1ccc(OC)cc1C)C1CCCS1. The topological polar surface area (TPSA) is 21.3 Å². The first-order valence-corrected chi connectivity index (χ1v) is 8.30. The number of hydrogen-bond acceptors (Lipinski definition) is 3. The van der Waals surface area contributed by atoms with Gasteiger partial charge in [0.25, 0.3) is 0 Å². The molecule has 1 aromatic rings. The number of aryl methyl sites for hydroxylation is 1. The Labute approximate surface area is 121 Å². The normalized spacial score (nSPS) is 20.5. The fourth-order valence-electron chi connectivity index (χ4n) is 2.73. The van der Waals surface area contributed by atoms with Gasteiger partial charge in [-0.05, 0) is 61.7 Å². The van der Waals surface area contributed by atoms with Crippen LogP contribution in [0.15, 0.2) is 18.2 Å². The monoisotopic (exact) mass is 279 g/mol. The number of thioether (sulfide) groups is 1. The van der Waals surface area contributed by atoms with Gasteiger partial charge in [0.15, 0.2) is 0 Å². The van der Waals surface area contributed by atoms with Gasteiger partial charge in [-0.15, -0.1) is 0 Å². The summed E-state index contributed by atoms with van der Waals surface area (Å²) in [5, 5.41) is 4.47. The molecular weight excluding hydrogens is 254 g/mol. The summed E-state index contributed by atoms with van der Waals surface area (Å²) in [6, 6.07) is 6.96. The molecule has 0 radical (unpaired) electrons. The Morgan fingerprint density at radius 2 is 2.32 bits per heavy atom. The zero-order valence-corrected chi connectivity index (χ0v) is 13.1. The van der Waals surface area contributed by atoms with Gasteiger partial charge < -0.3 is 10.1 Å². The van der Waals surface area contributed by atoms with E-state index in [9.17, 15) is 0 Å². The van der Waals surface area contributed by atoms with Crippen molar-refractivity contribution in [3.63, 3.8) is 0 Å². The first kappa shape index (κ1) is 14.7. The van der Waals surface area contributed by atoms with Crippen molar-refractivity contribution in [3.8, 4) is 5.75 Å². The Kier molecular flexibility index (Phi) is 5.59. The Bertz CT molecular complexity index is 402. The minimum Gasteiger partial charge on any atom is -0.497 e. The van der Waals surface area contributed by atoms with Crippen molar-refractivity contribution in [2.24, 2.45) is 0 Å². The highest BCUT2D eigenvalue weighted by atomic mass is 32.2. The molecule has 0 amide bonds. The number of nitrogens with one attached hydrogen (secondary N) is 1. The molecule has 1 aliphatic heterocycles. The lowest BCUT2D eigenvalue weighted by Gasteiger charge is -2.26. The predicted molar refractivity (Wildman–Crippen MR) is 84.2 cm³/mol. The summed E-state index contributed by atoms with van der Waals surface area (Å²) in [5.74, 6) is 2.26. The zero-order valence-electron chi connectivity index (χ0n) is 12.2. The van der Waals surface area contributed by atoms with Crippen molar-refractivity contribution in [1.82, 2.24) is 5.32 Å². The maximum absolute atomic E-state index is 5.31. The number of ether oxygens (including phenoxy) is 1. The minimum absolute atomic E-state index is 0.485. The van der Waals surface area contributed by atoms with E-state index in [-0.39, 0.29) is 0 Å². The van der Waals surface area contributed by atoms with E-state index in [2.05, 4.69) is 49.1 Å². The molecular formula is C16H25NOS. The average molecular weight is 279 g/mol. The third-order valence-corrected chi connectivity index (χ3v) is 5.22. The van der Waals surface area contributed by atoms with Gasteiger partial charge >= 0.3 is 0 Å². The summed E-state index contributed by atoms with van der Waals surface area (Å²) in [6.07, 6.45) is 3.87. The molecule has 1 fully saturated rings. The van der Waals surface area contributed by atoms with Crippen molar-refractivity contribution in [2.75, 3.05) is 19.4 Å². The minimum atomic E-state index is 0.485. The molecule has 1 saturated heterocycles. The van der Waals surface area contributed by atoms with Crippen LogP contribution in [0.25, 0.3) is 0 Å². The van der Waals surface area contributed by atoms with Gasteiger partial charge in [0.2, 0.25) is 0 Å². The molecule has 19 heavy (non-hydrogen) atoms. The second-order valence-electron chi connectivity index (χ2n) is 5.21. The summed E-state index contributed by atoms with van der Waals surface area (Å²) in [5.41, 5.74) is 2.77. The van der Waals surface area contributed by atoms with E-state index in [1.807, 2.05) is 0 Å². The number of benzene rings is 1. The summed E-state index contributed by atoms with van der Waals surface area (Å²) in [6.45, 7) is 5.51. The first-order valence-electron chi connectivity index (χ1n) is 7.25. The van der Waals surface area contributed by atoms with Crippen molar-refractivity contribution in [3.05, 3.63) is 29.3 Å². The Morgan fingerprint density at radius 3 is 2.89 bits per heavy atom. The van der Waals surface area contributed by atoms with E-state index >= 15 is 0 Å². The Balaban J connectivity index is 2.20. The molecule has 0 spiro atoms. The molecule has 1 heterocycles. The molecule has 0 aromatic heterocycles. The van der Waals surface area contributed by atoms with Crippen LogP contribution in [0.1, 0.15) is 43.4 Å². The highest BCUT2D eigenvalue weighted by Gasteiger charge is 2.27. The third kappa shape index (κ3) is 3.67. The van der Waals surface area contributed by atoms with E-state index in [0.29, 0.717) is 6.04 Å². The second kappa shape index (κ2) is 7.20. The molecule has 3 heteroatoms. The van der Waals surface area contributed by atoms with Crippen molar-refractivity contribution in [1.29, 1.82) is 0 Å². The van der Waals surface area contributed by atoms with Crippen molar-refractivity contribution < 1.29 is 4.74 Å². The maximum Gasteiger partial charge on any atom is 0.119 e. The lowest BCUT2D eigenvalue weighted by molar-refractivity contribution is 0.413. The van der Waals surface area contributed by atoms with Crippen molar-refractivity contribution >= 4 is 11.8 Å². The van der Waals surface area contributed by atoms with Crippen LogP contribution >= 0.6 is 11.8 Å². The molecule has 2 rings (SSSR count). The van der Waals surface area contributed by atoms with E-state index in [1.165, 1.54) is 36.1 Å². The summed E-state index contributed by atoms with van der Waals surface area (Å²) in [7, 11) is 1.73. The van der Waals surface area contributed by atoms with E-state index in [0.717, 1.165) is 17.5 Å². The summed E-state index contributed by atoms with van der Waals surface area (Å²) in [4.78, 5) is 0. The van der Waals surface area contributed by atoms with Crippen LogP contribution < -0.4 is 10.1 Å². The van der Waals surface area contributed by atoms with E-state index in [1.54, 1.807) is 7.11 Å². The highest BCUT2D eigenvalue weighted by Crippen LogP contribution is 2.37. The van der Waals surface area contributed by atoms with Crippen molar-refractivity contribution in [2.45, 2.75) is 44.4 Å². The Hall–Kier alpha value is -0.670. The predicted octanol–water partition coefficient (Wildman–Crippen LogP) is 3.94. The largest absolute Gasteiger partial charge is 0.497 e. The summed E-state index contributed by atoms with van der Waals surface area (Å²) < 4.78 is 5.31. The van der Waals surface area contributed by atoms with Gasteiger partial charge in [-0.3, -0.25) is 0 Å². The smallest absolute Gasteiger partial charge is 0.119 e. The van der Waals surface area contributed by atoms with Gasteiger partial charge in [0.1, 0.15) is 5.75 Å². The average Bonchev–Trinajstić information content (AvgIpc) is 2.94. The van der Waals surface area contributed by atoms with Gasteiger partial charge in [-0.2, -0.15) is 11.8 Å². The third-order valence-electron chi connectivity index (χ3n) is 3.76. The lowest BCUT2D eigenvalue weighted by Crippen LogP contribution is -2.30. The molecule has 2 unspecified atom stereocenters. The van der Waals surface area contributed by atoms with Gasteiger partial charge in [-0.1, -0.05) is 13.0 Å². The van der Waals surface area contributed by atoms with Crippen LogP contribution in [0.3, 0.4) is 0 Å². The molecule has 2 nitrogen and oxygen atoms in total. The molecule has 1 aliphatic rings. The molecule has 0 saturated carbocycles. The standard InChI is InChI=1S/C16H25NOS/c1-4-9-17-16(15-6-5-10-19-15)14-8-7-13(18-3)11-12(14)2/h7-8,11,15-17H,4-6,9-10H2,1-3H3. The van der Waals surface area contributed by atoms with Gasteiger partial charge in [-0.25, -0.2) is 0 Å². The summed E-state index contributed by atoms with van der Waals surface area (Å²) >= 11 is 2.12. The van der Waals surface area contributed by atoms with Gasteiger partial charge in [0, 0.05) is 11.3 Å².